The highest BCUT2D eigenvalue weighted by Crippen LogP contribution is 2.11. The van der Waals surface area contributed by atoms with Crippen molar-refractivity contribution in [2.24, 2.45) is 0 Å². The Kier molecular flexibility index (Phi) is 4.64. The summed E-state index contributed by atoms with van der Waals surface area (Å²) in [6, 6.07) is 17.1. The molecule has 2 aromatic carbocycles. The van der Waals surface area contributed by atoms with Gasteiger partial charge in [0.25, 0.3) is 5.69 Å². The number of rotatable bonds is 6. The van der Waals surface area contributed by atoms with Crippen LogP contribution in [0.2, 0.25) is 0 Å². The van der Waals surface area contributed by atoms with E-state index in [2.05, 4.69) is 17.4 Å². The summed E-state index contributed by atoms with van der Waals surface area (Å²) >= 11 is 0. The standard InChI is InChI=1S/C15H16N2O2/c18-17(19)15-8-4-7-14(11-15)12-16-10-9-13-5-2-1-3-6-13/h1-8,11,16H,9-10,12H2/p+1. The minimum atomic E-state index is -0.354. The van der Waals surface area contributed by atoms with Gasteiger partial charge in [0.1, 0.15) is 6.54 Å². The molecule has 0 heterocycles. The maximum absolute atomic E-state index is 10.7. The summed E-state index contributed by atoms with van der Waals surface area (Å²) < 4.78 is 0. The molecule has 2 N–H and O–H groups in total. The van der Waals surface area contributed by atoms with Gasteiger partial charge in [-0.25, -0.2) is 0 Å². The van der Waals surface area contributed by atoms with Crippen LogP contribution in [-0.4, -0.2) is 11.5 Å². The van der Waals surface area contributed by atoms with E-state index in [0.717, 1.165) is 25.1 Å². The maximum atomic E-state index is 10.7. The third-order valence-corrected chi connectivity index (χ3v) is 2.98. The van der Waals surface area contributed by atoms with Crippen molar-refractivity contribution >= 4 is 5.69 Å². The molecule has 0 atom stereocenters. The molecule has 0 aliphatic carbocycles. The number of hydrogen-bond acceptors (Lipinski definition) is 2. The van der Waals surface area contributed by atoms with E-state index in [1.807, 2.05) is 24.3 Å². The second-order valence-electron chi connectivity index (χ2n) is 4.44. The lowest BCUT2D eigenvalue weighted by Crippen LogP contribution is -2.83. The van der Waals surface area contributed by atoms with Crippen LogP contribution in [0.4, 0.5) is 5.69 Å². The van der Waals surface area contributed by atoms with Crippen LogP contribution >= 0.6 is 0 Å². The molecule has 19 heavy (non-hydrogen) atoms. The van der Waals surface area contributed by atoms with Crippen LogP contribution in [0.3, 0.4) is 0 Å². The minimum absolute atomic E-state index is 0.161. The first-order valence-corrected chi connectivity index (χ1v) is 6.34. The van der Waals surface area contributed by atoms with Crippen molar-refractivity contribution in [3.8, 4) is 0 Å². The predicted octanol–water partition coefficient (Wildman–Crippen LogP) is 1.90. The van der Waals surface area contributed by atoms with Crippen molar-refractivity contribution in [2.45, 2.75) is 13.0 Å². The van der Waals surface area contributed by atoms with E-state index in [-0.39, 0.29) is 10.6 Å². The molecule has 4 nitrogen and oxygen atoms in total. The zero-order valence-corrected chi connectivity index (χ0v) is 10.7. The average Bonchev–Trinajstić information content (AvgIpc) is 2.45. The number of hydrogen-bond donors (Lipinski definition) is 1. The van der Waals surface area contributed by atoms with Crippen LogP contribution in [0, 0.1) is 10.1 Å². The smallest absolute Gasteiger partial charge is 0.269 e. The quantitative estimate of drug-likeness (QED) is 0.488. The number of nitro benzene ring substituents is 1. The minimum Gasteiger partial charge on any atom is -0.342 e. The highest BCUT2D eigenvalue weighted by atomic mass is 16.6. The number of benzene rings is 2. The molecule has 0 radical (unpaired) electrons. The molecule has 0 aromatic heterocycles. The molecule has 0 fully saturated rings. The molecule has 0 spiro atoms. The van der Waals surface area contributed by atoms with E-state index in [4.69, 9.17) is 0 Å². The van der Waals surface area contributed by atoms with E-state index in [0.29, 0.717) is 0 Å². The summed E-state index contributed by atoms with van der Waals surface area (Å²) in [5, 5.41) is 12.8. The van der Waals surface area contributed by atoms with E-state index in [9.17, 15) is 10.1 Å². The van der Waals surface area contributed by atoms with Gasteiger partial charge in [-0.15, -0.1) is 0 Å². The molecule has 0 aliphatic heterocycles. The molecule has 0 unspecified atom stereocenters. The lowest BCUT2D eigenvalue weighted by atomic mass is 10.1. The van der Waals surface area contributed by atoms with Gasteiger partial charge < -0.3 is 5.32 Å². The zero-order valence-electron chi connectivity index (χ0n) is 10.7. The number of nitrogens with two attached hydrogens (primary N) is 1. The van der Waals surface area contributed by atoms with Crippen molar-refractivity contribution in [3.05, 3.63) is 75.8 Å². The first-order valence-electron chi connectivity index (χ1n) is 6.34. The van der Waals surface area contributed by atoms with Crippen molar-refractivity contribution in [1.29, 1.82) is 0 Å². The first-order chi connectivity index (χ1) is 9.25. The number of quaternary nitrogens is 1. The van der Waals surface area contributed by atoms with Crippen molar-refractivity contribution in [1.82, 2.24) is 0 Å². The van der Waals surface area contributed by atoms with Crippen LogP contribution in [-0.2, 0) is 13.0 Å². The average molecular weight is 257 g/mol. The van der Waals surface area contributed by atoms with Gasteiger partial charge in [-0.1, -0.05) is 42.5 Å². The van der Waals surface area contributed by atoms with E-state index >= 15 is 0 Å². The Balaban J connectivity index is 1.80. The Morgan fingerprint density at radius 2 is 1.74 bits per heavy atom. The number of non-ortho nitro benzene ring substituents is 1. The van der Waals surface area contributed by atoms with Crippen LogP contribution in [0.15, 0.2) is 54.6 Å². The van der Waals surface area contributed by atoms with E-state index < -0.39 is 0 Å². The van der Waals surface area contributed by atoms with Crippen molar-refractivity contribution < 1.29 is 10.2 Å². The van der Waals surface area contributed by atoms with Gasteiger partial charge in [0.15, 0.2) is 0 Å². The fourth-order valence-electron chi connectivity index (χ4n) is 1.98. The summed E-state index contributed by atoms with van der Waals surface area (Å²) in [5.41, 5.74) is 2.47. The second-order valence-corrected chi connectivity index (χ2v) is 4.44. The van der Waals surface area contributed by atoms with Gasteiger partial charge in [-0.3, -0.25) is 10.1 Å². The summed E-state index contributed by atoms with van der Waals surface area (Å²) in [7, 11) is 0. The monoisotopic (exact) mass is 257 g/mol. The molecular formula is C15H17N2O2+. The fraction of sp³-hybridized carbons (Fsp3) is 0.200. The van der Waals surface area contributed by atoms with Crippen LogP contribution in [0.1, 0.15) is 11.1 Å². The fourth-order valence-corrected chi connectivity index (χ4v) is 1.98. The van der Waals surface area contributed by atoms with Gasteiger partial charge in [-0.2, -0.15) is 0 Å². The molecule has 0 aliphatic rings. The summed E-state index contributed by atoms with van der Waals surface area (Å²) in [4.78, 5) is 10.3. The summed E-state index contributed by atoms with van der Waals surface area (Å²) in [5.74, 6) is 0. The first kappa shape index (κ1) is 13.2. The number of nitrogens with zero attached hydrogens (tertiary/aromatic N) is 1. The second kappa shape index (κ2) is 6.66. The maximum Gasteiger partial charge on any atom is 0.269 e. The molecule has 2 aromatic rings. The van der Waals surface area contributed by atoms with E-state index in [1.54, 1.807) is 12.1 Å². The van der Waals surface area contributed by atoms with E-state index in [1.165, 1.54) is 11.6 Å². The third-order valence-electron chi connectivity index (χ3n) is 2.98. The van der Waals surface area contributed by atoms with Gasteiger partial charge in [-0.05, 0) is 5.56 Å². The van der Waals surface area contributed by atoms with Crippen LogP contribution in [0.25, 0.3) is 0 Å². The van der Waals surface area contributed by atoms with Crippen molar-refractivity contribution in [2.75, 3.05) is 6.54 Å². The van der Waals surface area contributed by atoms with Gasteiger partial charge in [0.05, 0.1) is 11.5 Å². The Hall–Kier alpha value is -2.20. The van der Waals surface area contributed by atoms with Crippen LogP contribution < -0.4 is 5.32 Å². The SMILES string of the molecule is O=[N+]([O-])c1cccc(C[NH2+]CCc2ccccc2)c1. The molecule has 0 saturated heterocycles. The number of nitro groups is 1. The Labute approximate surface area is 112 Å². The highest BCUT2D eigenvalue weighted by molar-refractivity contribution is 5.33. The molecule has 2 rings (SSSR count). The third kappa shape index (κ3) is 4.19. The summed E-state index contributed by atoms with van der Waals surface area (Å²) in [6.45, 7) is 1.75. The lowest BCUT2D eigenvalue weighted by molar-refractivity contribution is -0.670. The predicted molar refractivity (Wildman–Crippen MR) is 73.7 cm³/mol. The molecule has 4 heteroatoms. The Morgan fingerprint density at radius 3 is 2.47 bits per heavy atom. The van der Waals surface area contributed by atoms with Gasteiger partial charge >= 0.3 is 0 Å². The Morgan fingerprint density at radius 1 is 1.00 bits per heavy atom. The highest BCUT2D eigenvalue weighted by Gasteiger charge is 2.06. The normalized spacial score (nSPS) is 10.3. The van der Waals surface area contributed by atoms with Gasteiger partial charge in [0, 0.05) is 24.1 Å². The molecule has 0 amide bonds. The lowest BCUT2D eigenvalue weighted by Gasteiger charge is -2.02. The van der Waals surface area contributed by atoms with Crippen LogP contribution in [0.5, 0.6) is 0 Å². The molecular weight excluding hydrogens is 240 g/mol. The molecule has 0 bridgehead atoms. The largest absolute Gasteiger partial charge is 0.342 e. The van der Waals surface area contributed by atoms with Gasteiger partial charge in [0.2, 0.25) is 0 Å². The molecule has 98 valence electrons. The summed E-state index contributed by atoms with van der Waals surface area (Å²) in [6.07, 6.45) is 1.01. The van der Waals surface area contributed by atoms with Crippen molar-refractivity contribution in [3.63, 3.8) is 0 Å². The molecule has 0 saturated carbocycles. The Bertz CT molecular complexity index is 541. The zero-order chi connectivity index (χ0) is 13.5. The topological polar surface area (TPSA) is 59.8 Å².